The Balaban J connectivity index is 1.49. The summed E-state index contributed by atoms with van der Waals surface area (Å²) in [6.45, 7) is 2.55. The summed E-state index contributed by atoms with van der Waals surface area (Å²) in [4.78, 5) is 0. The Kier molecular flexibility index (Phi) is 9.13. The molecule has 0 bridgehead atoms. The van der Waals surface area contributed by atoms with E-state index in [1.54, 1.807) is 0 Å². The Bertz CT molecular complexity index is 291. The topological polar surface area (TPSA) is 24.1 Å². The lowest BCUT2D eigenvalue weighted by atomic mass is 9.86. The zero-order valence-corrected chi connectivity index (χ0v) is 16.7. The van der Waals surface area contributed by atoms with Gasteiger partial charge in [-0.15, -0.1) is 0 Å². The third-order valence-corrected chi connectivity index (χ3v) is 7.39. The Labute approximate surface area is 157 Å². The highest BCUT2D eigenvalue weighted by Crippen LogP contribution is 2.34. The van der Waals surface area contributed by atoms with Crippen molar-refractivity contribution in [3.8, 4) is 0 Å². The summed E-state index contributed by atoms with van der Waals surface area (Å²) >= 11 is 0. The van der Waals surface area contributed by atoms with Crippen molar-refractivity contribution < 1.29 is 0 Å². The van der Waals surface area contributed by atoms with Crippen molar-refractivity contribution in [2.75, 3.05) is 13.1 Å². The first-order valence-electron chi connectivity index (χ1n) is 11.9. The maximum atomic E-state index is 3.96. The van der Waals surface area contributed by atoms with E-state index >= 15 is 0 Å². The van der Waals surface area contributed by atoms with E-state index in [0.717, 1.165) is 23.9 Å². The molecular weight excluding hydrogens is 304 g/mol. The molecule has 4 atom stereocenters. The van der Waals surface area contributed by atoms with Crippen LogP contribution in [0.5, 0.6) is 0 Å². The zero-order valence-electron chi connectivity index (χ0n) is 16.7. The maximum Gasteiger partial charge on any atom is 0.00953 e. The monoisotopic (exact) mass is 348 g/mol. The highest BCUT2D eigenvalue weighted by molar-refractivity contribution is 4.85. The van der Waals surface area contributed by atoms with Crippen molar-refractivity contribution in [3.63, 3.8) is 0 Å². The van der Waals surface area contributed by atoms with E-state index in [9.17, 15) is 0 Å². The van der Waals surface area contributed by atoms with E-state index in [0.29, 0.717) is 0 Å². The quantitative estimate of drug-likeness (QED) is 0.616. The molecular formula is C23H44N2. The SMILES string of the molecule is C1CCCNC(C2CCCC(C3CCCCCCCN3)CC2)CCC1. The molecule has 0 aromatic carbocycles. The zero-order chi connectivity index (χ0) is 17.2. The van der Waals surface area contributed by atoms with Crippen LogP contribution in [0.3, 0.4) is 0 Å². The van der Waals surface area contributed by atoms with Gasteiger partial charge in [-0.05, 0) is 76.3 Å². The number of hydrogen-bond acceptors (Lipinski definition) is 2. The minimum absolute atomic E-state index is 0.824. The first kappa shape index (κ1) is 19.7. The van der Waals surface area contributed by atoms with Crippen LogP contribution < -0.4 is 10.6 Å². The molecule has 0 amide bonds. The van der Waals surface area contributed by atoms with Gasteiger partial charge in [0.2, 0.25) is 0 Å². The molecule has 3 rings (SSSR count). The van der Waals surface area contributed by atoms with Gasteiger partial charge < -0.3 is 10.6 Å². The van der Waals surface area contributed by atoms with E-state index in [1.165, 1.54) is 122 Å². The van der Waals surface area contributed by atoms with Crippen LogP contribution in [0.4, 0.5) is 0 Å². The molecule has 1 saturated carbocycles. The van der Waals surface area contributed by atoms with Crippen LogP contribution in [0.2, 0.25) is 0 Å². The van der Waals surface area contributed by atoms with Crippen molar-refractivity contribution in [3.05, 3.63) is 0 Å². The fourth-order valence-electron chi connectivity index (χ4n) is 5.79. The van der Waals surface area contributed by atoms with Gasteiger partial charge in [-0.25, -0.2) is 0 Å². The number of hydrogen-bond donors (Lipinski definition) is 2. The van der Waals surface area contributed by atoms with E-state index in [2.05, 4.69) is 10.6 Å². The molecule has 2 heterocycles. The van der Waals surface area contributed by atoms with Gasteiger partial charge in [0.05, 0.1) is 0 Å². The van der Waals surface area contributed by atoms with Crippen LogP contribution in [-0.4, -0.2) is 25.2 Å². The van der Waals surface area contributed by atoms with Gasteiger partial charge in [0, 0.05) is 12.1 Å². The van der Waals surface area contributed by atoms with Crippen molar-refractivity contribution in [1.82, 2.24) is 10.6 Å². The lowest BCUT2D eigenvalue weighted by Crippen LogP contribution is -2.38. The maximum absolute atomic E-state index is 3.96. The van der Waals surface area contributed by atoms with E-state index < -0.39 is 0 Å². The van der Waals surface area contributed by atoms with Crippen molar-refractivity contribution in [1.29, 1.82) is 0 Å². The Morgan fingerprint density at radius 1 is 0.360 bits per heavy atom. The Hall–Kier alpha value is -0.0800. The van der Waals surface area contributed by atoms with Crippen molar-refractivity contribution in [2.45, 2.75) is 121 Å². The van der Waals surface area contributed by atoms with Gasteiger partial charge in [-0.3, -0.25) is 0 Å². The minimum atomic E-state index is 0.824. The molecule has 1 aliphatic carbocycles. The van der Waals surface area contributed by atoms with Crippen LogP contribution in [0.25, 0.3) is 0 Å². The second-order valence-electron chi connectivity index (χ2n) is 9.26. The highest BCUT2D eigenvalue weighted by atomic mass is 14.9. The van der Waals surface area contributed by atoms with E-state index in [1.807, 2.05) is 0 Å². The molecule has 2 heteroatoms. The molecule has 25 heavy (non-hydrogen) atoms. The Morgan fingerprint density at radius 2 is 0.800 bits per heavy atom. The van der Waals surface area contributed by atoms with Crippen LogP contribution >= 0.6 is 0 Å². The van der Waals surface area contributed by atoms with E-state index in [4.69, 9.17) is 0 Å². The standard InChI is InChI=1S/C23H44N2/c1-3-7-14-22(24-18-9-5-1)20-12-11-13-21(17-16-20)23-15-8-4-2-6-10-19-25-23/h20-25H,1-19H2. The molecule has 3 fully saturated rings. The predicted octanol–water partition coefficient (Wildman–Crippen LogP) is 5.81. The largest absolute Gasteiger partial charge is 0.314 e. The summed E-state index contributed by atoms with van der Waals surface area (Å²) in [6.07, 6.45) is 24.8. The van der Waals surface area contributed by atoms with Gasteiger partial charge in [-0.2, -0.15) is 0 Å². The fourth-order valence-corrected chi connectivity index (χ4v) is 5.79. The molecule has 146 valence electrons. The van der Waals surface area contributed by atoms with Gasteiger partial charge in [-0.1, -0.05) is 57.8 Å². The first-order valence-corrected chi connectivity index (χ1v) is 11.9. The number of nitrogens with one attached hydrogen (secondary N) is 2. The van der Waals surface area contributed by atoms with Crippen LogP contribution in [-0.2, 0) is 0 Å². The molecule has 0 spiro atoms. The lowest BCUT2D eigenvalue weighted by Gasteiger charge is -2.29. The second kappa shape index (κ2) is 11.6. The smallest absolute Gasteiger partial charge is 0.00953 e. The van der Waals surface area contributed by atoms with E-state index in [-0.39, 0.29) is 0 Å². The van der Waals surface area contributed by atoms with Crippen LogP contribution in [0, 0.1) is 11.8 Å². The fraction of sp³-hybridized carbons (Fsp3) is 1.00. The molecule has 0 radical (unpaired) electrons. The van der Waals surface area contributed by atoms with Crippen LogP contribution in [0.15, 0.2) is 0 Å². The molecule has 3 aliphatic rings. The third-order valence-electron chi connectivity index (χ3n) is 7.39. The summed E-state index contributed by atoms with van der Waals surface area (Å²) in [6, 6.07) is 1.65. The normalized spacial score (nSPS) is 37.4. The molecule has 2 saturated heterocycles. The average Bonchev–Trinajstić information content (AvgIpc) is 2.72. The highest BCUT2D eigenvalue weighted by Gasteiger charge is 2.29. The van der Waals surface area contributed by atoms with Crippen LogP contribution in [0.1, 0.15) is 109 Å². The van der Waals surface area contributed by atoms with Gasteiger partial charge >= 0.3 is 0 Å². The average molecular weight is 349 g/mol. The van der Waals surface area contributed by atoms with Gasteiger partial charge in [0.25, 0.3) is 0 Å². The first-order chi connectivity index (χ1) is 12.4. The second-order valence-corrected chi connectivity index (χ2v) is 9.26. The minimum Gasteiger partial charge on any atom is -0.314 e. The van der Waals surface area contributed by atoms with Gasteiger partial charge in [0.1, 0.15) is 0 Å². The molecule has 0 aromatic rings. The summed E-state index contributed by atoms with van der Waals surface area (Å²) in [5.74, 6) is 1.92. The third kappa shape index (κ3) is 6.86. The molecule has 2 aliphatic heterocycles. The lowest BCUT2D eigenvalue weighted by molar-refractivity contribution is 0.278. The molecule has 2 nitrogen and oxygen atoms in total. The van der Waals surface area contributed by atoms with Crippen molar-refractivity contribution in [2.24, 2.45) is 11.8 Å². The molecule has 0 aromatic heterocycles. The summed E-state index contributed by atoms with van der Waals surface area (Å²) in [5, 5.41) is 7.93. The summed E-state index contributed by atoms with van der Waals surface area (Å²) < 4.78 is 0. The van der Waals surface area contributed by atoms with Gasteiger partial charge in [0.15, 0.2) is 0 Å². The number of rotatable bonds is 2. The summed E-state index contributed by atoms with van der Waals surface area (Å²) in [7, 11) is 0. The predicted molar refractivity (Wildman–Crippen MR) is 109 cm³/mol. The molecule has 2 N–H and O–H groups in total. The molecule has 4 unspecified atom stereocenters. The Morgan fingerprint density at radius 3 is 1.32 bits per heavy atom. The summed E-state index contributed by atoms with van der Waals surface area (Å²) in [5.41, 5.74) is 0. The van der Waals surface area contributed by atoms with Crippen molar-refractivity contribution >= 4 is 0 Å².